The first-order valence-corrected chi connectivity index (χ1v) is 4.20. The predicted octanol–water partition coefficient (Wildman–Crippen LogP) is 2.65. The molecule has 0 bridgehead atoms. The zero-order valence-corrected chi connectivity index (χ0v) is 7.76. The van der Waals surface area contributed by atoms with Gasteiger partial charge in [0.25, 0.3) is 0 Å². The second-order valence-electron chi connectivity index (χ2n) is 2.65. The molecule has 0 saturated carbocycles. The summed E-state index contributed by atoms with van der Waals surface area (Å²) in [7, 11) is 0. The maximum Gasteiger partial charge on any atom is 0.200 e. The first-order chi connectivity index (χ1) is 6.91. The molecule has 1 aromatic carbocycles. The Morgan fingerprint density at radius 2 is 1.20 bits per heavy atom. The van der Waals surface area contributed by atoms with Gasteiger partial charge in [-0.2, -0.15) is 0 Å². The first-order valence-electron chi connectivity index (χ1n) is 3.67. The molecule has 1 nitrogen and oxygen atoms in total. The summed E-state index contributed by atoms with van der Waals surface area (Å²) < 4.78 is 63.5. The molecule has 0 radical (unpaired) electrons. The highest BCUT2D eigenvalue weighted by molar-refractivity contribution is 6.18. The van der Waals surface area contributed by atoms with E-state index >= 15 is 0 Å². The van der Waals surface area contributed by atoms with Crippen molar-refractivity contribution >= 4 is 11.6 Å². The summed E-state index contributed by atoms with van der Waals surface area (Å²) in [6, 6.07) is 0. The van der Waals surface area contributed by atoms with E-state index in [0.29, 0.717) is 0 Å². The standard InChI is InChI=1S/C8H4ClF5O/c9-1-2(15)3-4(10)6(12)8(14)7(13)5(3)11/h2,15H,1H2. The summed E-state index contributed by atoms with van der Waals surface area (Å²) in [4.78, 5) is 0. The van der Waals surface area contributed by atoms with E-state index in [9.17, 15) is 22.0 Å². The second-order valence-corrected chi connectivity index (χ2v) is 2.96. The number of alkyl halides is 1. The number of hydrogen-bond donors (Lipinski definition) is 1. The van der Waals surface area contributed by atoms with Crippen LogP contribution in [0.1, 0.15) is 11.7 Å². The van der Waals surface area contributed by atoms with Crippen LogP contribution in [0.3, 0.4) is 0 Å². The van der Waals surface area contributed by atoms with E-state index in [-0.39, 0.29) is 0 Å². The minimum absolute atomic E-state index is 0.682. The van der Waals surface area contributed by atoms with Gasteiger partial charge in [-0.1, -0.05) is 0 Å². The molecule has 0 aliphatic carbocycles. The van der Waals surface area contributed by atoms with Crippen LogP contribution in [0.2, 0.25) is 0 Å². The number of aliphatic hydroxyl groups excluding tert-OH is 1. The number of benzene rings is 1. The molecular weight excluding hydrogens is 243 g/mol. The van der Waals surface area contributed by atoms with Crippen molar-refractivity contribution in [3.8, 4) is 0 Å². The molecule has 0 aliphatic heterocycles. The van der Waals surface area contributed by atoms with Gasteiger partial charge in [0.15, 0.2) is 23.3 Å². The van der Waals surface area contributed by atoms with Crippen LogP contribution in [0.4, 0.5) is 22.0 Å². The third-order valence-corrected chi connectivity index (χ3v) is 2.02. The maximum atomic E-state index is 12.9. The van der Waals surface area contributed by atoms with Gasteiger partial charge in [-0.15, -0.1) is 11.6 Å². The molecule has 1 rings (SSSR count). The zero-order valence-electron chi connectivity index (χ0n) is 7.00. The summed E-state index contributed by atoms with van der Waals surface area (Å²) in [6.07, 6.45) is -1.95. The van der Waals surface area contributed by atoms with Gasteiger partial charge in [-0.05, 0) is 0 Å². The van der Waals surface area contributed by atoms with Crippen molar-refractivity contribution < 1.29 is 27.1 Å². The first kappa shape index (κ1) is 12.2. The van der Waals surface area contributed by atoms with E-state index in [1.54, 1.807) is 0 Å². The molecular formula is C8H4ClF5O. The van der Waals surface area contributed by atoms with Gasteiger partial charge in [0.05, 0.1) is 17.5 Å². The quantitative estimate of drug-likeness (QED) is 0.368. The molecule has 0 fully saturated rings. The summed E-state index contributed by atoms with van der Waals surface area (Å²) in [5.41, 5.74) is -1.32. The smallest absolute Gasteiger partial charge is 0.200 e. The average molecular weight is 247 g/mol. The van der Waals surface area contributed by atoms with Gasteiger partial charge in [-0.3, -0.25) is 0 Å². The lowest BCUT2D eigenvalue weighted by molar-refractivity contribution is 0.186. The molecule has 0 spiro atoms. The van der Waals surface area contributed by atoms with Crippen LogP contribution in [0.15, 0.2) is 0 Å². The SMILES string of the molecule is OC(CCl)c1c(F)c(F)c(F)c(F)c1F. The van der Waals surface area contributed by atoms with Crippen LogP contribution < -0.4 is 0 Å². The normalized spacial score (nSPS) is 13.0. The van der Waals surface area contributed by atoms with E-state index in [0.717, 1.165) is 0 Å². The Morgan fingerprint density at radius 1 is 0.867 bits per heavy atom. The van der Waals surface area contributed by atoms with Crippen LogP contribution in [0.25, 0.3) is 0 Å². The molecule has 7 heteroatoms. The molecule has 1 atom stereocenters. The number of hydrogen-bond acceptors (Lipinski definition) is 1. The Morgan fingerprint density at radius 3 is 1.53 bits per heavy atom. The van der Waals surface area contributed by atoms with Crippen LogP contribution in [0.5, 0.6) is 0 Å². The Balaban J connectivity index is 3.52. The summed E-state index contributed by atoms with van der Waals surface area (Å²) in [5, 5.41) is 8.96. The Labute approximate surface area is 86.1 Å². The molecule has 0 heterocycles. The van der Waals surface area contributed by atoms with Gasteiger partial charge >= 0.3 is 0 Å². The summed E-state index contributed by atoms with van der Waals surface area (Å²) >= 11 is 5.05. The number of aliphatic hydroxyl groups is 1. The van der Waals surface area contributed by atoms with Gasteiger partial charge in [0, 0.05) is 0 Å². The highest BCUT2D eigenvalue weighted by Crippen LogP contribution is 2.28. The number of halogens is 6. The van der Waals surface area contributed by atoms with E-state index < -0.39 is 46.6 Å². The minimum atomic E-state index is -2.27. The van der Waals surface area contributed by atoms with Gasteiger partial charge in [-0.25, -0.2) is 22.0 Å². The molecule has 1 unspecified atom stereocenters. The van der Waals surface area contributed by atoms with E-state index in [1.165, 1.54) is 0 Å². The lowest BCUT2D eigenvalue weighted by atomic mass is 10.1. The van der Waals surface area contributed by atoms with Crippen molar-refractivity contribution in [2.75, 3.05) is 5.88 Å². The van der Waals surface area contributed by atoms with Crippen molar-refractivity contribution in [3.63, 3.8) is 0 Å². The molecule has 0 amide bonds. The molecule has 15 heavy (non-hydrogen) atoms. The Kier molecular flexibility index (Phi) is 3.51. The minimum Gasteiger partial charge on any atom is -0.387 e. The van der Waals surface area contributed by atoms with Gasteiger partial charge in [0.1, 0.15) is 0 Å². The average Bonchev–Trinajstić information content (AvgIpc) is 2.23. The lowest BCUT2D eigenvalue weighted by Gasteiger charge is -2.11. The largest absolute Gasteiger partial charge is 0.387 e. The fourth-order valence-corrected chi connectivity index (χ4v) is 1.15. The highest BCUT2D eigenvalue weighted by atomic mass is 35.5. The van der Waals surface area contributed by atoms with E-state index in [2.05, 4.69) is 0 Å². The number of rotatable bonds is 2. The fraction of sp³-hybridized carbons (Fsp3) is 0.250. The fourth-order valence-electron chi connectivity index (χ4n) is 0.992. The van der Waals surface area contributed by atoms with Crippen LogP contribution in [-0.2, 0) is 0 Å². The molecule has 84 valence electrons. The van der Waals surface area contributed by atoms with Crippen molar-refractivity contribution in [2.24, 2.45) is 0 Å². The molecule has 0 saturated heterocycles. The zero-order chi connectivity index (χ0) is 11.7. The van der Waals surface area contributed by atoms with Crippen molar-refractivity contribution in [1.29, 1.82) is 0 Å². The monoisotopic (exact) mass is 246 g/mol. The predicted molar refractivity (Wildman–Crippen MR) is 41.9 cm³/mol. The summed E-state index contributed by atoms with van der Waals surface area (Å²) in [6.45, 7) is 0. The van der Waals surface area contributed by atoms with Crippen LogP contribution >= 0.6 is 11.6 Å². The third kappa shape index (κ3) is 1.91. The molecule has 0 aromatic heterocycles. The molecule has 0 aliphatic rings. The maximum absolute atomic E-state index is 12.9. The molecule has 1 aromatic rings. The van der Waals surface area contributed by atoms with Crippen molar-refractivity contribution in [3.05, 3.63) is 34.6 Å². The van der Waals surface area contributed by atoms with E-state index in [4.69, 9.17) is 16.7 Å². The van der Waals surface area contributed by atoms with Crippen molar-refractivity contribution in [1.82, 2.24) is 0 Å². The molecule has 1 N–H and O–H groups in total. The van der Waals surface area contributed by atoms with Crippen LogP contribution in [0, 0.1) is 29.1 Å². The third-order valence-electron chi connectivity index (χ3n) is 1.72. The topological polar surface area (TPSA) is 20.2 Å². The van der Waals surface area contributed by atoms with Crippen molar-refractivity contribution in [2.45, 2.75) is 6.10 Å². The lowest BCUT2D eigenvalue weighted by Crippen LogP contribution is -2.12. The Hall–Kier alpha value is -0.880. The second kappa shape index (κ2) is 4.32. The Bertz CT molecular complexity index is 366. The van der Waals surface area contributed by atoms with Crippen LogP contribution in [-0.4, -0.2) is 11.0 Å². The van der Waals surface area contributed by atoms with Gasteiger partial charge in [0.2, 0.25) is 5.82 Å². The van der Waals surface area contributed by atoms with E-state index in [1.807, 2.05) is 0 Å². The highest BCUT2D eigenvalue weighted by Gasteiger charge is 2.28. The summed E-state index contributed by atoms with van der Waals surface area (Å²) in [5.74, 6) is -11.3. The van der Waals surface area contributed by atoms with Gasteiger partial charge < -0.3 is 5.11 Å².